The maximum atomic E-state index is 12.2. The molecule has 0 unspecified atom stereocenters. The Kier molecular flexibility index (Phi) is 3.54. The number of carbonyl (C=O) groups excluding carboxylic acids is 1. The van der Waals surface area contributed by atoms with Crippen LogP contribution in [-0.2, 0) is 6.42 Å². The van der Waals surface area contributed by atoms with Gasteiger partial charge >= 0.3 is 0 Å². The van der Waals surface area contributed by atoms with Gasteiger partial charge in [0.2, 0.25) is 5.78 Å². The number of aryl methyl sites for hydroxylation is 1. The molecule has 0 spiro atoms. The largest absolute Gasteiger partial charge is 0.334 e. The van der Waals surface area contributed by atoms with Gasteiger partial charge in [0.1, 0.15) is 10.3 Å². The second-order valence-corrected chi connectivity index (χ2v) is 4.70. The van der Waals surface area contributed by atoms with Crippen LogP contribution >= 0.6 is 28.1 Å². The number of rotatable bonds is 3. The fourth-order valence-electron chi connectivity index (χ4n) is 1.57. The third-order valence-electron chi connectivity index (χ3n) is 2.37. The average Bonchev–Trinajstić information content (AvgIpc) is 2.69. The minimum absolute atomic E-state index is 0.0858. The highest BCUT2D eigenvalue weighted by atomic mass is 79.9. The van der Waals surface area contributed by atoms with Crippen LogP contribution in [0.2, 0.25) is 0 Å². The Morgan fingerprint density at radius 3 is 2.94 bits per heavy atom. The molecule has 2 aromatic heterocycles. The van der Waals surface area contributed by atoms with Gasteiger partial charge in [0.15, 0.2) is 4.77 Å². The summed E-state index contributed by atoms with van der Waals surface area (Å²) in [5.41, 5.74) is 1.93. The Bertz CT molecular complexity index is 617. The van der Waals surface area contributed by atoms with E-state index < -0.39 is 0 Å². The van der Waals surface area contributed by atoms with Crippen molar-refractivity contribution < 1.29 is 4.79 Å². The fraction of sp³-hybridized carbons (Fsp3) is 0.182. The number of aromatic amines is 2. The molecular weight excluding hydrogens is 302 g/mol. The van der Waals surface area contributed by atoms with Gasteiger partial charge in [-0.25, -0.2) is 4.98 Å². The van der Waals surface area contributed by atoms with E-state index in [0.717, 1.165) is 12.1 Å². The van der Waals surface area contributed by atoms with E-state index >= 15 is 0 Å². The molecule has 0 radical (unpaired) electrons. The second-order valence-electron chi connectivity index (χ2n) is 3.48. The number of carbonyl (C=O) groups is 1. The van der Waals surface area contributed by atoms with Gasteiger partial charge in [0.05, 0.1) is 0 Å². The van der Waals surface area contributed by atoms with E-state index in [1.165, 1.54) is 0 Å². The van der Waals surface area contributed by atoms with Crippen LogP contribution in [0.5, 0.6) is 0 Å². The second kappa shape index (κ2) is 4.93. The van der Waals surface area contributed by atoms with Crippen LogP contribution < -0.4 is 0 Å². The summed E-state index contributed by atoms with van der Waals surface area (Å²) in [7, 11) is 0. The molecule has 0 aliphatic heterocycles. The van der Waals surface area contributed by atoms with Crippen LogP contribution in [0.3, 0.4) is 0 Å². The lowest BCUT2D eigenvalue weighted by Gasteiger charge is -2.01. The van der Waals surface area contributed by atoms with Crippen LogP contribution in [0, 0.1) is 4.77 Å². The zero-order valence-electron chi connectivity index (χ0n) is 9.08. The molecule has 0 fully saturated rings. The summed E-state index contributed by atoms with van der Waals surface area (Å²) in [6.45, 7) is 1.97. The quantitative estimate of drug-likeness (QED) is 0.520. The van der Waals surface area contributed by atoms with Gasteiger partial charge < -0.3 is 9.97 Å². The first kappa shape index (κ1) is 12.2. The van der Waals surface area contributed by atoms with E-state index in [2.05, 4.69) is 30.9 Å². The molecule has 0 aliphatic carbocycles. The van der Waals surface area contributed by atoms with Crippen molar-refractivity contribution in [2.24, 2.45) is 0 Å². The number of pyridine rings is 1. The van der Waals surface area contributed by atoms with Crippen molar-refractivity contribution in [3.8, 4) is 0 Å². The van der Waals surface area contributed by atoms with Crippen molar-refractivity contribution in [3.63, 3.8) is 0 Å². The highest BCUT2D eigenvalue weighted by Crippen LogP contribution is 2.14. The normalized spacial score (nSPS) is 10.5. The summed E-state index contributed by atoms with van der Waals surface area (Å²) in [4.78, 5) is 22.1. The van der Waals surface area contributed by atoms with E-state index in [9.17, 15) is 4.79 Å². The summed E-state index contributed by atoms with van der Waals surface area (Å²) < 4.78 is 1.11. The molecular formula is C11H10BrN3OS. The summed E-state index contributed by atoms with van der Waals surface area (Å²) >= 11 is 8.24. The SMILES string of the molecule is CCc1[nH]c(=S)[nH]c1C(=O)c1ccnc(Br)c1. The first-order valence-corrected chi connectivity index (χ1v) is 6.29. The fourth-order valence-corrected chi connectivity index (χ4v) is 2.16. The molecule has 4 nitrogen and oxygen atoms in total. The maximum absolute atomic E-state index is 12.2. The van der Waals surface area contributed by atoms with Crippen LogP contribution in [0.15, 0.2) is 22.9 Å². The van der Waals surface area contributed by atoms with E-state index in [4.69, 9.17) is 12.2 Å². The number of H-pyrrole nitrogens is 2. The molecule has 2 aromatic rings. The Balaban J connectivity index is 2.47. The first-order valence-electron chi connectivity index (χ1n) is 5.09. The number of ketones is 1. The smallest absolute Gasteiger partial charge is 0.211 e. The predicted octanol–water partition coefficient (Wildman–Crippen LogP) is 3.02. The van der Waals surface area contributed by atoms with Crippen molar-refractivity contribution >= 4 is 33.9 Å². The minimum Gasteiger partial charge on any atom is -0.334 e. The van der Waals surface area contributed by atoms with E-state index in [-0.39, 0.29) is 5.78 Å². The summed E-state index contributed by atoms with van der Waals surface area (Å²) in [6, 6.07) is 3.36. The average molecular weight is 312 g/mol. The zero-order valence-corrected chi connectivity index (χ0v) is 11.5. The monoisotopic (exact) mass is 311 g/mol. The third kappa shape index (κ3) is 2.53. The van der Waals surface area contributed by atoms with Crippen molar-refractivity contribution in [3.05, 3.63) is 44.7 Å². The highest BCUT2D eigenvalue weighted by molar-refractivity contribution is 9.10. The lowest BCUT2D eigenvalue weighted by Crippen LogP contribution is -2.05. The molecule has 2 N–H and O–H groups in total. The number of hydrogen-bond acceptors (Lipinski definition) is 3. The molecule has 0 saturated heterocycles. The molecule has 2 rings (SSSR count). The molecule has 88 valence electrons. The van der Waals surface area contributed by atoms with Gasteiger partial charge in [0.25, 0.3) is 0 Å². The van der Waals surface area contributed by atoms with Gasteiger partial charge in [0, 0.05) is 17.5 Å². The van der Waals surface area contributed by atoms with Gasteiger partial charge in [-0.3, -0.25) is 4.79 Å². The van der Waals surface area contributed by atoms with Crippen LogP contribution in [0.1, 0.15) is 28.7 Å². The zero-order chi connectivity index (χ0) is 12.4. The lowest BCUT2D eigenvalue weighted by molar-refractivity contribution is 0.103. The maximum Gasteiger partial charge on any atom is 0.211 e. The molecule has 6 heteroatoms. The van der Waals surface area contributed by atoms with Gasteiger partial charge in [-0.15, -0.1) is 0 Å². The van der Waals surface area contributed by atoms with E-state index in [1.54, 1.807) is 18.3 Å². The molecule has 0 bridgehead atoms. The summed E-state index contributed by atoms with van der Waals surface area (Å²) in [6.07, 6.45) is 2.31. The summed E-state index contributed by atoms with van der Waals surface area (Å²) in [5, 5.41) is 0. The van der Waals surface area contributed by atoms with Gasteiger partial charge in [-0.05, 0) is 46.7 Å². The Morgan fingerprint density at radius 1 is 1.53 bits per heavy atom. The van der Waals surface area contributed by atoms with Crippen LogP contribution in [-0.4, -0.2) is 20.7 Å². The number of nitrogens with one attached hydrogen (secondary N) is 2. The minimum atomic E-state index is -0.0858. The van der Waals surface area contributed by atoms with Crippen molar-refractivity contribution in [2.75, 3.05) is 0 Å². The molecule has 0 atom stereocenters. The number of aromatic nitrogens is 3. The number of imidazole rings is 1. The number of halogens is 1. The molecule has 0 aliphatic rings. The third-order valence-corrected chi connectivity index (χ3v) is 3.01. The number of nitrogens with zero attached hydrogens (tertiary/aromatic N) is 1. The standard InChI is InChI=1S/C11H10BrN3OS/c1-2-7-9(15-11(17)14-7)10(16)6-3-4-13-8(12)5-6/h3-5H,2H2,1H3,(H2,14,15,17). The van der Waals surface area contributed by atoms with Crippen molar-refractivity contribution in [2.45, 2.75) is 13.3 Å². The molecule has 17 heavy (non-hydrogen) atoms. The van der Waals surface area contributed by atoms with E-state index in [0.29, 0.717) is 20.6 Å². The Hall–Kier alpha value is -1.27. The number of hydrogen-bond donors (Lipinski definition) is 2. The molecule has 0 aromatic carbocycles. The van der Waals surface area contributed by atoms with Gasteiger partial charge in [-0.2, -0.15) is 0 Å². The highest BCUT2D eigenvalue weighted by Gasteiger charge is 2.15. The van der Waals surface area contributed by atoms with Crippen LogP contribution in [0.4, 0.5) is 0 Å². The summed E-state index contributed by atoms with van der Waals surface area (Å²) in [5.74, 6) is -0.0858. The predicted molar refractivity (Wildman–Crippen MR) is 70.7 cm³/mol. The van der Waals surface area contributed by atoms with E-state index in [1.807, 2.05) is 6.92 Å². The van der Waals surface area contributed by atoms with Crippen LogP contribution in [0.25, 0.3) is 0 Å². The van der Waals surface area contributed by atoms with Crippen molar-refractivity contribution in [1.29, 1.82) is 0 Å². The Morgan fingerprint density at radius 2 is 2.29 bits per heavy atom. The topological polar surface area (TPSA) is 61.5 Å². The first-order chi connectivity index (χ1) is 8.11. The lowest BCUT2D eigenvalue weighted by atomic mass is 10.1. The van der Waals surface area contributed by atoms with Gasteiger partial charge in [-0.1, -0.05) is 6.92 Å². The Labute approximate surface area is 112 Å². The molecule has 0 saturated carbocycles. The van der Waals surface area contributed by atoms with Crippen molar-refractivity contribution in [1.82, 2.24) is 15.0 Å². The molecule has 2 heterocycles. The molecule has 0 amide bonds.